The van der Waals surface area contributed by atoms with Gasteiger partial charge in [0.05, 0.1) is 2.74 Å². The summed E-state index contributed by atoms with van der Waals surface area (Å²) in [4.78, 5) is 0. The molecule has 0 heterocycles. The van der Waals surface area contributed by atoms with E-state index < -0.39 is 70.0 Å². The van der Waals surface area contributed by atoms with Crippen LogP contribution in [0, 0.1) is 34.9 Å². The summed E-state index contributed by atoms with van der Waals surface area (Å²) in [6, 6.07) is 8.58. The average molecular weight is 538 g/mol. The van der Waals surface area contributed by atoms with E-state index in [0.29, 0.717) is 23.3 Å². The van der Waals surface area contributed by atoms with Crippen molar-refractivity contribution in [3.63, 3.8) is 0 Å². The molecule has 198 valence electrons. The number of benzene rings is 4. The second kappa shape index (κ2) is 10.8. The lowest BCUT2D eigenvalue weighted by atomic mass is 9.97. The quantitative estimate of drug-likeness (QED) is 0.160. The lowest BCUT2D eigenvalue weighted by Crippen LogP contribution is -2.25. The normalized spacial score (nSPS) is 12.3. The van der Waals surface area contributed by atoms with Crippen LogP contribution in [0.5, 0.6) is 5.75 Å². The number of hydrogen-bond acceptors (Lipinski definition) is 1. The van der Waals surface area contributed by atoms with Crippen LogP contribution in [0.2, 0.25) is 0 Å². The van der Waals surface area contributed by atoms with Gasteiger partial charge >= 0.3 is 6.11 Å². The van der Waals surface area contributed by atoms with E-state index >= 15 is 0 Å². The van der Waals surface area contributed by atoms with Gasteiger partial charge in [-0.05, 0) is 53.3 Å². The van der Waals surface area contributed by atoms with Gasteiger partial charge in [-0.15, -0.1) is 0 Å². The third kappa shape index (κ3) is 5.66. The molecule has 0 bridgehead atoms. The fourth-order valence-electron chi connectivity index (χ4n) is 3.85. The second-order valence-corrected chi connectivity index (χ2v) is 8.45. The van der Waals surface area contributed by atoms with E-state index in [1.54, 1.807) is 12.1 Å². The Labute approximate surface area is 216 Å². The van der Waals surface area contributed by atoms with Gasteiger partial charge in [-0.25, -0.2) is 26.3 Å². The van der Waals surface area contributed by atoms with Crippen LogP contribution < -0.4 is 4.74 Å². The van der Waals surface area contributed by atoms with Crippen LogP contribution in [0.3, 0.4) is 0 Å². The molecule has 4 aromatic rings. The topological polar surface area (TPSA) is 9.23 Å². The SMILES string of the molecule is [2H]c1c(F)c(F)c(F)c([2H])c1OC(F)(F)c1c(F)cc(-c2ccc(-c3ccc(CCCC)cc3)cc2F)cc1F. The smallest absolute Gasteiger partial charge is 0.429 e. The van der Waals surface area contributed by atoms with Crippen molar-refractivity contribution >= 4 is 0 Å². The molecule has 0 N–H and O–H groups in total. The molecule has 0 radical (unpaired) electrons. The van der Waals surface area contributed by atoms with Crippen LogP contribution in [-0.4, -0.2) is 0 Å². The molecule has 0 aliphatic carbocycles. The molecule has 9 heteroatoms. The largest absolute Gasteiger partial charge is 0.432 e. The number of aryl methyl sites for hydroxylation is 1. The van der Waals surface area contributed by atoms with E-state index in [2.05, 4.69) is 11.7 Å². The first-order chi connectivity index (χ1) is 18.9. The van der Waals surface area contributed by atoms with Crippen LogP contribution in [0.25, 0.3) is 22.3 Å². The molecular weight excluding hydrogens is 516 g/mol. The van der Waals surface area contributed by atoms with E-state index in [1.807, 2.05) is 12.1 Å². The molecule has 0 atom stereocenters. The maximum atomic E-state index is 15.0. The van der Waals surface area contributed by atoms with Gasteiger partial charge in [0.2, 0.25) is 0 Å². The highest BCUT2D eigenvalue weighted by Gasteiger charge is 2.41. The van der Waals surface area contributed by atoms with Gasteiger partial charge in [0.15, 0.2) is 17.5 Å². The molecular formula is C29H20F8O. The van der Waals surface area contributed by atoms with Crippen molar-refractivity contribution in [3.8, 4) is 28.0 Å². The maximum Gasteiger partial charge on any atom is 0.432 e. The van der Waals surface area contributed by atoms with Gasteiger partial charge in [0.25, 0.3) is 0 Å². The molecule has 0 aliphatic heterocycles. The molecule has 0 unspecified atom stereocenters. The first kappa shape index (κ1) is 24.5. The average Bonchev–Trinajstić information content (AvgIpc) is 2.91. The van der Waals surface area contributed by atoms with Gasteiger partial charge in [-0.1, -0.05) is 49.7 Å². The number of rotatable bonds is 8. The fraction of sp³-hybridized carbons (Fsp3) is 0.172. The number of hydrogen-bond donors (Lipinski definition) is 0. The predicted molar refractivity (Wildman–Crippen MR) is 127 cm³/mol. The lowest BCUT2D eigenvalue weighted by Gasteiger charge is -2.20. The number of unbranched alkanes of at least 4 members (excludes halogenated alkanes) is 1. The van der Waals surface area contributed by atoms with Crippen molar-refractivity contribution in [3.05, 3.63) is 113 Å². The first-order valence-corrected chi connectivity index (χ1v) is 11.4. The van der Waals surface area contributed by atoms with E-state index in [4.69, 9.17) is 2.74 Å². The van der Waals surface area contributed by atoms with Gasteiger partial charge in [0.1, 0.15) is 28.8 Å². The van der Waals surface area contributed by atoms with Crippen molar-refractivity contribution in [2.45, 2.75) is 32.3 Å². The molecule has 4 rings (SSSR count). The molecule has 0 fully saturated rings. The van der Waals surface area contributed by atoms with Gasteiger partial charge < -0.3 is 4.74 Å². The van der Waals surface area contributed by atoms with Crippen LogP contribution in [0.4, 0.5) is 35.1 Å². The number of alkyl halides is 2. The molecule has 1 nitrogen and oxygen atoms in total. The maximum absolute atomic E-state index is 15.0. The minimum absolute atomic E-state index is 0.304. The zero-order valence-electron chi connectivity index (χ0n) is 21.7. The Hall–Kier alpha value is -3.88. The molecule has 0 aromatic heterocycles. The summed E-state index contributed by atoms with van der Waals surface area (Å²) in [6.45, 7) is 2.07. The summed E-state index contributed by atoms with van der Waals surface area (Å²) >= 11 is 0. The molecule has 38 heavy (non-hydrogen) atoms. The van der Waals surface area contributed by atoms with Crippen molar-refractivity contribution in [1.82, 2.24) is 0 Å². The minimum atomic E-state index is -5.00. The highest BCUT2D eigenvalue weighted by molar-refractivity contribution is 5.71. The summed E-state index contributed by atoms with van der Waals surface area (Å²) in [5.41, 5.74) is -0.498. The Morgan fingerprint density at radius 3 is 1.82 bits per heavy atom. The minimum Gasteiger partial charge on any atom is -0.429 e. The van der Waals surface area contributed by atoms with Crippen LogP contribution in [0.15, 0.2) is 66.7 Å². The molecule has 4 aromatic carbocycles. The molecule has 0 saturated carbocycles. The molecule has 0 saturated heterocycles. The zero-order chi connectivity index (χ0) is 29.4. The van der Waals surface area contributed by atoms with E-state index in [1.165, 1.54) is 12.1 Å². The molecule has 0 aliphatic rings. The van der Waals surface area contributed by atoms with Crippen LogP contribution in [0.1, 0.15) is 33.6 Å². The van der Waals surface area contributed by atoms with E-state index in [-0.39, 0.29) is 5.56 Å². The molecule has 0 amide bonds. The Kier molecular flexibility index (Phi) is 6.98. The molecule has 0 spiro atoms. The highest BCUT2D eigenvalue weighted by Crippen LogP contribution is 2.38. The van der Waals surface area contributed by atoms with Crippen molar-refractivity contribution in [1.29, 1.82) is 0 Å². The van der Waals surface area contributed by atoms with Crippen LogP contribution >= 0.6 is 0 Å². The number of ether oxygens (including phenoxy) is 1. The lowest BCUT2D eigenvalue weighted by molar-refractivity contribution is -0.189. The Morgan fingerprint density at radius 1 is 0.711 bits per heavy atom. The van der Waals surface area contributed by atoms with Gasteiger partial charge in [-0.2, -0.15) is 8.78 Å². The Bertz CT molecular complexity index is 1520. The van der Waals surface area contributed by atoms with Crippen molar-refractivity contribution in [2.75, 3.05) is 0 Å². The summed E-state index contributed by atoms with van der Waals surface area (Å²) in [7, 11) is 0. The van der Waals surface area contributed by atoms with Gasteiger partial charge in [0, 0.05) is 17.6 Å². The number of halogens is 8. The standard InChI is InChI=1S/C29H20F8O/c1-2-3-4-16-5-7-17(8-6-16)18-9-10-21(22(30)11-18)19-12-23(31)27(24(32)13-19)29(36,37)38-20-14-25(33)28(35)26(34)15-20/h5-15H,2-4H2,1H3/i14D,15D. The summed E-state index contributed by atoms with van der Waals surface area (Å²) in [5, 5.41) is 0. The summed E-state index contributed by atoms with van der Waals surface area (Å²) in [5.74, 6) is -13.2. The monoisotopic (exact) mass is 538 g/mol. The Balaban J connectivity index is 1.65. The highest BCUT2D eigenvalue weighted by atomic mass is 19.3. The third-order valence-corrected chi connectivity index (χ3v) is 5.78. The van der Waals surface area contributed by atoms with E-state index in [9.17, 15) is 35.1 Å². The van der Waals surface area contributed by atoms with E-state index in [0.717, 1.165) is 30.9 Å². The van der Waals surface area contributed by atoms with Crippen molar-refractivity contribution < 1.29 is 42.6 Å². The fourth-order valence-corrected chi connectivity index (χ4v) is 3.85. The van der Waals surface area contributed by atoms with Gasteiger partial charge in [-0.3, -0.25) is 0 Å². The first-order valence-electron chi connectivity index (χ1n) is 12.4. The Morgan fingerprint density at radius 2 is 1.26 bits per heavy atom. The third-order valence-electron chi connectivity index (χ3n) is 5.78. The summed E-state index contributed by atoms with van der Waals surface area (Å²) < 4.78 is 133. The zero-order valence-corrected chi connectivity index (χ0v) is 19.7. The summed E-state index contributed by atoms with van der Waals surface area (Å²) in [6.07, 6.45) is -2.05. The predicted octanol–water partition coefficient (Wildman–Crippen LogP) is 9.33. The van der Waals surface area contributed by atoms with Crippen LogP contribution in [-0.2, 0) is 12.5 Å². The second-order valence-electron chi connectivity index (χ2n) is 8.45. The van der Waals surface area contributed by atoms with Crippen molar-refractivity contribution in [2.24, 2.45) is 0 Å².